The van der Waals surface area contributed by atoms with E-state index in [1.807, 2.05) is 12.1 Å². The Hall–Kier alpha value is -1.39. The van der Waals surface area contributed by atoms with Crippen molar-refractivity contribution in [3.05, 3.63) is 30.1 Å². The number of rotatable bonds is 2. The van der Waals surface area contributed by atoms with Crippen molar-refractivity contribution in [1.29, 1.82) is 0 Å². The first-order valence-corrected chi connectivity index (χ1v) is 4.56. The summed E-state index contributed by atoms with van der Waals surface area (Å²) in [7, 11) is 0. The number of hydrogen-bond acceptors (Lipinski definition) is 3. The van der Waals surface area contributed by atoms with E-state index in [4.69, 9.17) is 5.73 Å². The van der Waals surface area contributed by atoms with Gasteiger partial charge in [0, 0.05) is 17.8 Å². The van der Waals surface area contributed by atoms with Gasteiger partial charge >= 0.3 is 0 Å². The maximum Gasteiger partial charge on any atom is 0.137 e. The van der Waals surface area contributed by atoms with Crippen molar-refractivity contribution >= 4 is 11.0 Å². The van der Waals surface area contributed by atoms with Gasteiger partial charge in [-0.1, -0.05) is 0 Å². The number of H-pyrrole nitrogens is 1. The molecule has 0 aliphatic heterocycles. The quantitative estimate of drug-likeness (QED) is 0.661. The van der Waals surface area contributed by atoms with Gasteiger partial charge < -0.3 is 15.8 Å². The Morgan fingerprint density at radius 3 is 3.07 bits per heavy atom. The van der Waals surface area contributed by atoms with Crippen LogP contribution in [0, 0.1) is 0 Å². The largest absolute Gasteiger partial charge is 0.391 e. The molecule has 2 heterocycles. The molecule has 2 unspecified atom stereocenters. The van der Waals surface area contributed by atoms with Crippen LogP contribution in [0.15, 0.2) is 24.5 Å². The molecule has 74 valence electrons. The van der Waals surface area contributed by atoms with Crippen molar-refractivity contribution in [3.8, 4) is 0 Å². The van der Waals surface area contributed by atoms with Crippen molar-refractivity contribution in [2.45, 2.75) is 19.1 Å². The molecule has 2 aromatic rings. The second-order valence-corrected chi connectivity index (χ2v) is 3.41. The van der Waals surface area contributed by atoms with Crippen molar-refractivity contribution in [2.75, 3.05) is 0 Å². The highest BCUT2D eigenvalue weighted by Crippen LogP contribution is 2.22. The minimum atomic E-state index is -0.561. The van der Waals surface area contributed by atoms with Crippen LogP contribution in [-0.2, 0) is 0 Å². The van der Waals surface area contributed by atoms with Gasteiger partial charge in [-0.3, -0.25) is 0 Å². The van der Waals surface area contributed by atoms with Gasteiger partial charge in [-0.15, -0.1) is 0 Å². The van der Waals surface area contributed by atoms with E-state index in [9.17, 15) is 5.11 Å². The van der Waals surface area contributed by atoms with E-state index in [0.29, 0.717) is 0 Å². The summed E-state index contributed by atoms with van der Waals surface area (Å²) in [6.07, 6.45) is 2.96. The van der Waals surface area contributed by atoms with E-state index >= 15 is 0 Å². The van der Waals surface area contributed by atoms with Crippen LogP contribution in [0.4, 0.5) is 0 Å². The van der Waals surface area contributed by atoms with E-state index in [2.05, 4.69) is 9.97 Å². The molecule has 4 nitrogen and oxygen atoms in total. The Balaban J connectivity index is 2.53. The first-order chi connectivity index (χ1) is 6.70. The molecule has 0 aliphatic rings. The molecule has 0 amide bonds. The minimum absolute atomic E-state index is 0.368. The Bertz CT molecular complexity index is 436. The molecule has 2 atom stereocenters. The second-order valence-electron chi connectivity index (χ2n) is 3.41. The van der Waals surface area contributed by atoms with Gasteiger partial charge in [0.15, 0.2) is 0 Å². The summed E-state index contributed by atoms with van der Waals surface area (Å²) in [5.74, 6) is 0. The molecule has 0 saturated carbocycles. The molecule has 2 rings (SSSR count). The molecule has 0 spiro atoms. The Morgan fingerprint density at radius 2 is 2.36 bits per heavy atom. The summed E-state index contributed by atoms with van der Waals surface area (Å²) in [4.78, 5) is 7.17. The normalized spacial score (nSPS) is 15.6. The molecule has 0 bridgehead atoms. The zero-order valence-electron chi connectivity index (χ0n) is 7.94. The fourth-order valence-corrected chi connectivity index (χ4v) is 1.51. The van der Waals surface area contributed by atoms with Crippen LogP contribution in [0.5, 0.6) is 0 Å². The van der Waals surface area contributed by atoms with Crippen LogP contribution >= 0.6 is 0 Å². The molecular formula is C10H13N3O. The van der Waals surface area contributed by atoms with Crippen molar-refractivity contribution in [2.24, 2.45) is 5.73 Å². The van der Waals surface area contributed by atoms with Crippen molar-refractivity contribution < 1.29 is 5.11 Å². The number of aliphatic hydroxyl groups is 1. The summed E-state index contributed by atoms with van der Waals surface area (Å²) >= 11 is 0. The fraction of sp³-hybridized carbons (Fsp3) is 0.300. The lowest BCUT2D eigenvalue weighted by molar-refractivity contribution is 0.165. The average Bonchev–Trinajstić information content (AvgIpc) is 2.60. The molecule has 14 heavy (non-hydrogen) atoms. The van der Waals surface area contributed by atoms with Gasteiger partial charge in [-0.05, 0) is 24.6 Å². The highest BCUT2D eigenvalue weighted by Gasteiger charge is 2.16. The minimum Gasteiger partial charge on any atom is -0.391 e. The first-order valence-electron chi connectivity index (χ1n) is 4.56. The molecule has 2 aromatic heterocycles. The predicted octanol–water partition coefficient (Wildman–Crippen LogP) is 0.944. The van der Waals surface area contributed by atoms with Crippen LogP contribution in [0.1, 0.15) is 18.5 Å². The second kappa shape index (κ2) is 3.40. The highest BCUT2D eigenvalue weighted by atomic mass is 16.3. The fourth-order valence-electron chi connectivity index (χ4n) is 1.51. The monoisotopic (exact) mass is 191 g/mol. The van der Waals surface area contributed by atoms with Crippen molar-refractivity contribution in [3.63, 3.8) is 0 Å². The SMILES string of the molecule is CC(O)C(N)c1c[nH]c2ncccc12. The smallest absolute Gasteiger partial charge is 0.137 e. The zero-order chi connectivity index (χ0) is 10.1. The summed E-state index contributed by atoms with van der Waals surface area (Å²) in [5, 5.41) is 10.4. The molecule has 4 N–H and O–H groups in total. The van der Waals surface area contributed by atoms with Crippen LogP contribution in [0.3, 0.4) is 0 Å². The molecule has 0 saturated heterocycles. The third kappa shape index (κ3) is 1.38. The molecule has 0 fully saturated rings. The van der Waals surface area contributed by atoms with Crippen LogP contribution in [0.25, 0.3) is 11.0 Å². The van der Waals surface area contributed by atoms with Gasteiger partial charge in [0.25, 0.3) is 0 Å². The van der Waals surface area contributed by atoms with Gasteiger partial charge in [0.05, 0.1) is 12.1 Å². The molecule has 0 aliphatic carbocycles. The van der Waals surface area contributed by atoms with Crippen molar-refractivity contribution in [1.82, 2.24) is 9.97 Å². The third-order valence-electron chi connectivity index (χ3n) is 2.36. The summed E-state index contributed by atoms with van der Waals surface area (Å²) in [6.45, 7) is 1.68. The summed E-state index contributed by atoms with van der Waals surface area (Å²) in [5.41, 5.74) is 7.56. The predicted molar refractivity (Wildman–Crippen MR) is 54.7 cm³/mol. The first kappa shape index (κ1) is 9.18. The standard InChI is InChI=1S/C10H13N3O/c1-6(14)9(11)8-5-13-10-7(8)3-2-4-12-10/h2-6,9,14H,11H2,1H3,(H,12,13). The Morgan fingerprint density at radius 1 is 1.57 bits per heavy atom. The lowest BCUT2D eigenvalue weighted by Gasteiger charge is -2.13. The number of aromatic nitrogens is 2. The summed E-state index contributed by atoms with van der Waals surface area (Å²) < 4.78 is 0. The van der Waals surface area contributed by atoms with E-state index in [-0.39, 0.29) is 6.04 Å². The van der Waals surface area contributed by atoms with Crippen LogP contribution in [0.2, 0.25) is 0 Å². The lowest BCUT2D eigenvalue weighted by atomic mass is 10.0. The van der Waals surface area contributed by atoms with E-state index in [0.717, 1.165) is 16.6 Å². The number of hydrogen-bond donors (Lipinski definition) is 3. The average molecular weight is 191 g/mol. The Labute approximate surface area is 81.8 Å². The van der Waals surface area contributed by atoms with Gasteiger partial charge in [0.2, 0.25) is 0 Å². The molecular weight excluding hydrogens is 178 g/mol. The Kier molecular flexibility index (Phi) is 2.23. The van der Waals surface area contributed by atoms with Crippen LogP contribution < -0.4 is 5.73 Å². The summed E-state index contributed by atoms with van der Waals surface area (Å²) in [6, 6.07) is 3.43. The number of aliphatic hydroxyl groups excluding tert-OH is 1. The number of nitrogens with one attached hydrogen (secondary N) is 1. The van der Waals surface area contributed by atoms with E-state index in [1.165, 1.54) is 0 Å². The van der Waals surface area contributed by atoms with Crippen LogP contribution in [-0.4, -0.2) is 21.2 Å². The number of aromatic amines is 1. The topological polar surface area (TPSA) is 74.9 Å². The maximum atomic E-state index is 9.39. The highest BCUT2D eigenvalue weighted by molar-refractivity contribution is 5.80. The molecule has 0 aromatic carbocycles. The van der Waals surface area contributed by atoms with Gasteiger partial charge in [0.1, 0.15) is 5.65 Å². The number of fused-ring (bicyclic) bond motifs is 1. The van der Waals surface area contributed by atoms with E-state index < -0.39 is 6.10 Å². The number of nitrogens with zero attached hydrogens (tertiary/aromatic N) is 1. The van der Waals surface area contributed by atoms with Gasteiger partial charge in [-0.25, -0.2) is 4.98 Å². The van der Waals surface area contributed by atoms with E-state index in [1.54, 1.807) is 19.3 Å². The third-order valence-corrected chi connectivity index (χ3v) is 2.36. The van der Waals surface area contributed by atoms with Gasteiger partial charge in [-0.2, -0.15) is 0 Å². The molecule has 4 heteroatoms. The molecule has 0 radical (unpaired) electrons. The maximum absolute atomic E-state index is 9.39. The lowest BCUT2D eigenvalue weighted by Crippen LogP contribution is -2.22. The number of nitrogens with two attached hydrogens (primary N) is 1. The number of pyridine rings is 1. The zero-order valence-corrected chi connectivity index (χ0v) is 7.94.